The molecule has 4 heteroatoms. The van der Waals surface area contributed by atoms with E-state index >= 15 is 0 Å². The number of rotatable bonds is 0. The second-order valence-electron chi connectivity index (χ2n) is 7.22. The van der Waals surface area contributed by atoms with Crippen molar-refractivity contribution in [2.24, 2.45) is 0 Å². The molecule has 1 fully saturated rings. The molecule has 0 unspecified atom stereocenters. The van der Waals surface area contributed by atoms with Gasteiger partial charge in [-0.05, 0) is 42.7 Å². The summed E-state index contributed by atoms with van der Waals surface area (Å²) in [5.74, 6) is 2.26. The van der Waals surface area contributed by atoms with E-state index in [1.165, 1.54) is 5.57 Å². The molecule has 1 saturated carbocycles. The summed E-state index contributed by atoms with van der Waals surface area (Å²) < 4.78 is 12.8. The maximum atomic E-state index is 9.99. The van der Waals surface area contributed by atoms with E-state index in [1.807, 2.05) is 24.3 Å². The third-order valence-corrected chi connectivity index (χ3v) is 5.54. The lowest BCUT2D eigenvalue weighted by molar-refractivity contribution is 0.124. The Morgan fingerprint density at radius 1 is 0.741 bits per heavy atom. The van der Waals surface area contributed by atoms with Gasteiger partial charge in [-0.15, -0.1) is 0 Å². The molecule has 1 spiro atoms. The summed E-state index contributed by atoms with van der Waals surface area (Å²) in [7, 11) is 0. The van der Waals surface area contributed by atoms with Gasteiger partial charge in [-0.3, -0.25) is 0 Å². The van der Waals surface area contributed by atoms with Gasteiger partial charge in [0.1, 0.15) is 28.8 Å². The van der Waals surface area contributed by atoms with Gasteiger partial charge in [-0.2, -0.15) is 0 Å². The topological polar surface area (TPSA) is 58.9 Å². The molecule has 0 aromatic heterocycles. The van der Waals surface area contributed by atoms with Gasteiger partial charge in [0.05, 0.1) is 0 Å². The third-order valence-electron chi connectivity index (χ3n) is 5.54. The van der Waals surface area contributed by atoms with Gasteiger partial charge in [0.25, 0.3) is 0 Å². The molecule has 6 rings (SSSR count). The summed E-state index contributed by atoms with van der Waals surface area (Å²) in [6, 6.07) is 18.4. The van der Waals surface area contributed by atoms with Crippen LogP contribution in [0, 0.1) is 0 Å². The highest BCUT2D eigenvalue weighted by Gasteiger charge is 2.53. The van der Waals surface area contributed by atoms with E-state index < -0.39 is 5.60 Å². The maximum Gasteiger partial charge on any atom is 0.192 e. The fourth-order valence-electron chi connectivity index (χ4n) is 4.24. The zero-order valence-corrected chi connectivity index (χ0v) is 14.4. The molecule has 0 amide bonds. The number of phenols is 2. The highest BCUT2D eigenvalue weighted by Crippen LogP contribution is 2.60. The summed E-state index contributed by atoms with van der Waals surface area (Å²) in [6.07, 6.45) is 2.11. The van der Waals surface area contributed by atoms with Gasteiger partial charge in [0.15, 0.2) is 5.60 Å². The number of phenolic OH excluding ortho intramolecular Hbond substituents is 2. The molecule has 27 heavy (non-hydrogen) atoms. The quantitative estimate of drug-likeness (QED) is 0.593. The van der Waals surface area contributed by atoms with E-state index in [4.69, 9.17) is 9.47 Å². The lowest BCUT2D eigenvalue weighted by Gasteiger charge is -2.37. The average Bonchev–Trinajstić information content (AvgIpc) is 3.45. The standard InChI is InChI=1S/C23H16O4/c24-14-7-9-18-20(11-14)26-21-12-15(25)8-10-19(21)23(18)17-4-2-1-3-16(17)22(27-23)13-5-6-13/h1-4,7-12,24-25H,5-6H2. The van der Waals surface area contributed by atoms with Gasteiger partial charge in [0, 0.05) is 34.4 Å². The zero-order chi connectivity index (χ0) is 18.2. The van der Waals surface area contributed by atoms with Gasteiger partial charge < -0.3 is 19.7 Å². The lowest BCUT2D eigenvalue weighted by Crippen LogP contribution is -2.32. The summed E-state index contributed by atoms with van der Waals surface area (Å²) in [5.41, 5.74) is 4.33. The number of ether oxygens (including phenoxy) is 2. The minimum atomic E-state index is -0.855. The molecule has 3 aliphatic rings. The molecule has 0 atom stereocenters. The number of hydrogen-bond acceptors (Lipinski definition) is 4. The van der Waals surface area contributed by atoms with Crippen molar-refractivity contribution in [3.05, 3.63) is 88.5 Å². The van der Waals surface area contributed by atoms with E-state index in [1.54, 1.807) is 24.3 Å². The van der Waals surface area contributed by atoms with Crippen LogP contribution in [-0.2, 0) is 10.3 Å². The molecule has 3 aromatic rings. The second-order valence-corrected chi connectivity index (χ2v) is 7.22. The van der Waals surface area contributed by atoms with Crippen molar-refractivity contribution in [2.75, 3.05) is 0 Å². The predicted molar refractivity (Wildman–Crippen MR) is 99.9 cm³/mol. The predicted octanol–water partition coefficient (Wildman–Crippen LogP) is 5.03. The van der Waals surface area contributed by atoms with Gasteiger partial charge in [-0.1, -0.05) is 24.3 Å². The Kier molecular flexibility index (Phi) is 2.65. The van der Waals surface area contributed by atoms with Crippen molar-refractivity contribution in [1.82, 2.24) is 0 Å². The molecular weight excluding hydrogens is 340 g/mol. The summed E-state index contributed by atoms with van der Waals surface area (Å²) >= 11 is 0. The van der Waals surface area contributed by atoms with E-state index in [9.17, 15) is 10.2 Å². The molecule has 1 aliphatic carbocycles. The largest absolute Gasteiger partial charge is 0.508 e. The highest BCUT2D eigenvalue weighted by molar-refractivity contribution is 5.79. The molecule has 2 N–H and O–H groups in total. The summed E-state index contributed by atoms with van der Waals surface area (Å²) in [5, 5.41) is 20.0. The van der Waals surface area contributed by atoms with Gasteiger partial charge in [-0.25, -0.2) is 0 Å². The van der Waals surface area contributed by atoms with Crippen LogP contribution in [0.4, 0.5) is 0 Å². The van der Waals surface area contributed by atoms with Crippen LogP contribution in [0.2, 0.25) is 0 Å². The van der Waals surface area contributed by atoms with Gasteiger partial charge >= 0.3 is 0 Å². The summed E-state index contributed by atoms with van der Waals surface area (Å²) in [6.45, 7) is 0. The zero-order valence-electron chi connectivity index (χ0n) is 14.4. The Bertz CT molecular complexity index is 1100. The van der Waals surface area contributed by atoms with Crippen LogP contribution in [-0.4, -0.2) is 10.2 Å². The van der Waals surface area contributed by atoms with Crippen molar-refractivity contribution in [3.8, 4) is 23.0 Å². The van der Waals surface area contributed by atoms with Crippen molar-refractivity contribution >= 4 is 5.76 Å². The molecule has 4 nitrogen and oxygen atoms in total. The Balaban J connectivity index is 1.74. The summed E-state index contributed by atoms with van der Waals surface area (Å²) in [4.78, 5) is 0. The number of benzene rings is 3. The fraction of sp³-hybridized carbons (Fsp3) is 0.130. The monoisotopic (exact) mass is 356 g/mol. The van der Waals surface area contributed by atoms with Crippen LogP contribution in [0.5, 0.6) is 23.0 Å². The third kappa shape index (κ3) is 1.87. The van der Waals surface area contributed by atoms with Crippen LogP contribution in [0.15, 0.2) is 66.2 Å². The van der Waals surface area contributed by atoms with Crippen molar-refractivity contribution in [3.63, 3.8) is 0 Å². The van der Waals surface area contributed by atoms with Crippen molar-refractivity contribution in [2.45, 2.75) is 18.4 Å². The second kappa shape index (κ2) is 4.86. The first-order valence-electron chi connectivity index (χ1n) is 9.02. The molecule has 2 heterocycles. The van der Waals surface area contributed by atoms with Crippen LogP contribution in [0.25, 0.3) is 5.76 Å². The van der Waals surface area contributed by atoms with Gasteiger partial charge in [0.2, 0.25) is 0 Å². The number of allylic oxidation sites excluding steroid dienone is 1. The number of aromatic hydroxyl groups is 2. The smallest absolute Gasteiger partial charge is 0.192 e. The molecule has 2 aliphatic heterocycles. The highest BCUT2D eigenvalue weighted by atomic mass is 16.5. The Labute approximate surface area is 155 Å². The minimum absolute atomic E-state index is 0.125. The van der Waals surface area contributed by atoms with Crippen LogP contribution < -0.4 is 4.74 Å². The first kappa shape index (κ1) is 14.7. The van der Waals surface area contributed by atoms with Crippen molar-refractivity contribution in [1.29, 1.82) is 0 Å². The molecule has 0 radical (unpaired) electrons. The number of hydrogen-bond donors (Lipinski definition) is 2. The first-order valence-corrected chi connectivity index (χ1v) is 9.02. The van der Waals surface area contributed by atoms with Crippen LogP contribution in [0.3, 0.4) is 0 Å². The van der Waals surface area contributed by atoms with E-state index in [-0.39, 0.29) is 11.5 Å². The van der Waals surface area contributed by atoms with E-state index in [0.29, 0.717) is 11.5 Å². The maximum absolute atomic E-state index is 9.99. The lowest BCUT2D eigenvalue weighted by atomic mass is 9.77. The molecule has 132 valence electrons. The van der Waals surface area contributed by atoms with Crippen LogP contribution in [0.1, 0.15) is 35.1 Å². The molecule has 0 saturated heterocycles. The molecular formula is C23H16O4. The fourth-order valence-corrected chi connectivity index (χ4v) is 4.24. The number of fused-ring (bicyclic) bond motifs is 6. The molecule has 0 bridgehead atoms. The average molecular weight is 356 g/mol. The van der Waals surface area contributed by atoms with Crippen LogP contribution >= 0.6 is 0 Å². The first-order chi connectivity index (χ1) is 13.2. The molecule has 3 aromatic carbocycles. The minimum Gasteiger partial charge on any atom is -0.508 e. The Morgan fingerprint density at radius 2 is 1.37 bits per heavy atom. The Morgan fingerprint density at radius 3 is 2.00 bits per heavy atom. The SMILES string of the molecule is Oc1ccc2c(c1)Oc1cc(O)ccc1C21OC(=C2CC2)c2ccccc21. The van der Waals surface area contributed by atoms with Crippen molar-refractivity contribution < 1.29 is 19.7 Å². The van der Waals surface area contributed by atoms with E-state index in [0.717, 1.165) is 40.9 Å². The Hall–Kier alpha value is -3.40. The van der Waals surface area contributed by atoms with E-state index in [2.05, 4.69) is 12.1 Å². The normalized spacial score (nSPS) is 17.6.